The molecular weight excluding hydrogens is 294 g/mol. The van der Waals surface area contributed by atoms with E-state index in [1.165, 1.54) is 44.2 Å². The highest BCUT2D eigenvalue weighted by atomic mass is 16.4. The number of nitrogens with one attached hydrogen (secondary N) is 1. The number of rotatable bonds is 7. The zero-order valence-electron chi connectivity index (χ0n) is 13.3. The highest BCUT2D eigenvalue weighted by Gasteiger charge is 2.21. The van der Waals surface area contributed by atoms with Crippen molar-refractivity contribution in [3.8, 4) is 5.75 Å². The van der Waals surface area contributed by atoms with Crippen molar-refractivity contribution in [3.05, 3.63) is 29.8 Å². The Morgan fingerprint density at radius 1 is 1.13 bits per heavy atom. The summed E-state index contributed by atoms with van der Waals surface area (Å²) in [4.78, 5) is 23.4. The van der Waals surface area contributed by atoms with Gasteiger partial charge in [0.1, 0.15) is 11.8 Å². The number of aliphatic carboxylic acids is 1. The molecule has 1 aliphatic rings. The zero-order valence-corrected chi connectivity index (χ0v) is 13.3. The number of carbonyl (C=O) groups excluding carboxylic acids is 1. The van der Waals surface area contributed by atoms with Gasteiger partial charge in [-0.25, -0.2) is 4.79 Å². The van der Waals surface area contributed by atoms with E-state index in [0.717, 1.165) is 12.0 Å². The monoisotopic (exact) mass is 319 g/mol. The van der Waals surface area contributed by atoms with E-state index in [4.69, 9.17) is 0 Å². The average Bonchev–Trinajstić information content (AvgIpc) is 2.55. The maximum Gasteiger partial charge on any atom is 0.326 e. The van der Waals surface area contributed by atoms with E-state index >= 15 is 0 Å². The number of phenolic OH excluding ortho intramolecular Hbond substituents is 1. The second-order valence-corrected chi connectivity index (χ2v) is 6.37. The molecule has 126 valence electrons. The largest absolute Gasteiger partial charge is 0.508 e. The van der Waals surface area contributed by atoms with E-state index < -0.39 is 12.0 Å². The van der Waals surface area contributed by atoms with Gasteiger partial charge in [-0.05, 0) is 30.0 Å². The summed E-state index contributed by atoms with van der Waals surface area (Å²) in [5.41, 5.74) is 0.766. The molecule has 1 aromatic carbocycles. The van der Waals surface area contributed by atoms with Gasteiger partial charge in [-0.1, -0.05) is 44.2 Å². The van der Waals surface area contributed by atoms with Gasteiger partial charge in [0.05, 0.1) is 0 Å². The van der Waals surface area contributed by atoms with E-state index in [2.05, 4.69) is 5.32 Å². The summed E-state index contributed by atoms with van der Waals surface area (Å²) in [6.07, 6.45) is 7.59. The Kier molecular flexibility index (Phi) is 6.44. The minimum Gasteiger partial charge on any atom is -0.508 e. The predicted octanol–water partition coefficient (Wildman–Crippen LogP) is 2.86. The molecule has 0 heterocycles. The number of phenols is 1. The molecule has 0 spiro atoms. The van der Waals surface area contributed by atoms with Crippen LogP contribution in [-0.2, 0) is 16.0 Å². The lowest BCUT2D eigenvalue weighted by Gasteiger charge is -2.21. The Labute approximate surface area is 136 Å². The second kappa shape index (κ2) is 8.56. The van der Waals surface area contributed by atoms with Crippen LogP contribution in [0.3, 0.4) is 0 Å². The maximum absolute atomic E-state index is 12.0. The molecule has 1 amide bonds. The van der Waals surface area contributed by atoms with Crippen molar-refractivity contribution in [1.82, 2.24) is 5.32 Å². The van der Waals surface area contributed by atoms with Gasteiger partial charge >= 0.3 is 5.97 Å². The lowest BCUT2D eigenvalue weighted by Crippen LogP contribution is -2.42. The molecular formula is C18H25NO4. The first-order valence-electron chi connectivity index (χ1n) is 8.34. The third-order valence-corrected chi connectivity index (χ3v) is 4.51. The van der Waals surface area contributed by atoms with Crippen LogP contribution in [-0.4, -0.2) is 28.1 Å². The van der Waals surface area contributed by atoms with E-state index in [-0.39, 0.29) is 18.1 Å². The molecule has 0 saturated heterocycles. The van der Waals surface area contributed by atoms with E-state index in [1.54, 1.807) is 12.1 Å². The third kappa shape index (κ3) is 5.93. The minimum absolute atomic E-state index is 0.136. The number of benzene rings is 1. The first kappa shape index (κ1) is 17.3. The second-order valence-electron chi connectivity index (χ2n) is 6.37. The summed E-state index contributed by atoms with van der Waals surface area (Å²) < 4.78 is 0. The molecule has 23 heavy (non-hydrogen) atoms. The number of hydrogen-bond donors (Lipinski definition) is 3. The van der Waals surface area contributed by atoms with Crippen molar-refractivity contribution in [3.63, 3.8) is 0 Å². The third-order valence-electron chi connectivity index (χ3n) is 4.51. The summed E-state index contributed by atoms with van der Waals surface area (Å²) in [6, 6.07) is 5.43. The summed E-state index contributed by atoms with van der Waals surface area (Å²) >= 11 is 0. The van der Waals surface area contributed by atoms with Crippen molar-refractivity contribution >= 4 is 11.9 Å². The average molecular weight is 319 g/mol. The highest BCUT2D eigenvalue weighted by molar-refractivity contribution is 5.83. The van der Waals surface area contributed by atoms with Gasteiger partial charge in [-0.3, -0.25) is 4.79 Å². The molecule has 2 rings (SSSR count). The Balaban J connectivity index is 1.81. The van der Waals surface area contributed by atoms with E-state index in [9.17, 15) is 19.8 Å². The van der Waals surface area contributed by atoms with E-state index in [1.807, 2.05) is 0 Å². The van der Waals surface area contributed by atoms with Crippen LogP contribution in [0, 0.1) is 5.92 Å². The lowest BCUT2D eigenvalue weighted by atomic mass is 9.86. The smallest absolute Gasteiger partial charge is 0.326 e. The van der Waals surface area contributed by atoms with Crippen molar-refractivity contribution in [2.24, 2.45) is 5.92 Å². The highest BCUT2D eigenvalue weighted by Crippen LogP contribution is 2.27. The molecule has 1 fully saturated rings. The summed E-state index contributed by atoms with van der Waals surface area (Å²) in [5.74, 6) is -0.488. The van der Waals surface area contributed by atoms with Crippen LogP contribution in [0.25, 0.3) is 0 Å². The molecule has 1 atom stereocenters. The Bertz CT molecular complexity index is 520. The molecule has 5 heteroatoms. The van der Waals surface area contributed by atoms with E-state index in [0.29, 0.717) is 12.3 Å². The van der Waals surface area contributed by atoms with Crippen LogP contribution in [0.5, 0.6) is 5.75 Å². The summed E-state index contributed by atoms with van der Waals surface area (Å²) in [7, 11) is 0. The van der Waals surface area contributed by atoms with Gasteiger partial charge < -0.3 is 15.5 Å². The lowest BCUT2D eigenvalue weighted by molar-refractivity contribution is -0.141. The standard InChI is InChI=1S/C18H25NO4/c20-15-9-6-14(7-10-15)12-16(18(22)23)19-17(21)11-8-13-4-2-1-3-5-13/h6-7,9-10,13,16,20H,1-5,8,11-12H2,(H,19,21)(H,22,23). The van der Waals surface area contributed by atoms with Crippen LogP contribution in [0.15, 0.2) is 24.3 Å². The van der Waals surface area contributed by atoms with Crippen molar-refractivity contribution < 1.29 is 19.8 Å². The number of amides is 1. The summed E-state index contributed by atoms with van der Waals surface area (Å²) in [6.45, 7) is 0. The van der Waals surface area contributed by atoms with Gasteiger partial charge in [0.2, 0.25) is 5.91 Å². The number of carbonyl (C=O) groups is 2. The molecule has 1 unspecified atom stereocenters. The normalized spacial score (nSPS) is 16.7. The number of hydrogen-bond acceptors (Lipinski definition) is 3. The van der Waals surface area contributed by atoms with Crippen LogP contribution in [0.1, 0.15) is 50.5 Å². The zero-order chi connectivity index (χ0) is 16.7. The SMILES string of the molecule is O=C(CCC1CCCCC1)NC(Cc1ccc(O)cc1)C(=O)O. The van der Waals surface area contributed by atoms with Crippen molar-refractivity contribution in [1.29, 1.82) is 0 Å². The fraction of sp³-hybridized carbons (Fsp3) is 0.556. The predicted molar refractivity (Wildman–Crippen MR) is 87.2 cm³/mol. The molecule has 0 aromatic heterocycles. The van der Waals surface area contributed by atoms with Crippen molar-refractivity contribution in [2.45, 2.75) is 57.4 Å². The molecule has 1 aliphatic carbocycles. The molecule has 1 aromatic rings. The fourth-order valence-corrected chi connectivity index (χ4v) is 3.15. The summed E-state index contributed by atoms with van der Waals surface area (Å²) in [5, 5.41) is 21.2. The first-order chi connectivity index (χ1) is 11.0. The number of carboxylic acids is 1. The molecule has 0 bridgehead atoms. The number of aromatic hydroxyl groups is 1. The fourth-order valence-electron chi connectivity index (χ4n) is 3.15. The van der Waals surface area contributed by atoms with Crippen LogP contribution < -0.4 is 5.32 Å². The molecule has 0 radical (unpaired) electrons. The van der Waals surface area contributed by atoms with Gasteiger partial charge in [-0.15, -0.1) is 0 Å². The molecule has 5 nitrogen and oxygen atoms in total. The van der Waals surface area contributed by atoms with Gasteiger partial charge in [0.15, 0.2) is 0 Å². The Morgan fingerprint density at radius 3 is 2.39 bits per heavy atom. The maximum atomic E-state index is 12.0. The van der Waals surface area contributed by atoms with Gasteiger partial charge in [0, 0.05) is 12.8 Å². The minimum atomic E-state index is -1.04. The molecule has 3 N–H and O–H groups in total. The Morgan fingerprint density at radius 2 is 1.78 bits per heavy atom. The first-order valence-corrected chi connectivity index (χ1v) is 8.34. The topological polar surface area (TPSA) is 86.6 Å². The van der Waals surface area contributed by atoms with Gasteiger partial charge in [0.25, 0.3) is 0 Å². The number of carboxylic acid groups (broad SMARTS) is 1. The van der Waals surface area contributed by atoms with Gasteiger partial charge in [-0.2, -0.15) is 0 Å². The van der Waals surface area contributed by atoms with Crippen LogP contribution in [0.4, 0.5) is 0 Å². The molecule has 1 saturated carbocycles. The van der Waals surface area contributed by atoms with Crippen molar-refractivity contribution in [2.75, 3.05) is 0 Å². The van der Waals surface area contributed by atoms with Crippen LogP contribution >= 0.6 is 0 Å². The Hall–Kier alpha value is -2.04. The molecule has 0 aliphatic heterocycles. The van der Waals surface area contributed by atoms with Crippen LogP contribution in [0.2, 0.25) is 0 Å². The quantitative estimate of drug-likeness (QED) is 0.721.